The Morgan fingerprint density at radius 2 is 0.609 bits per heavy atom. The first-order chi connectivity index (χ1) is 22.1. The van der Waals surface area contributed by atoms with Gasteiger partial charge in [-0.25, -0.2) is 0 Å². The van der Waals surface area contributed by atoms with Crippen molar-refractivity contribution in [2.45, 2.75) is 0 Å². The molecule has 0 radical (unpaired) electrons. The number of pyridine rings is 3. The van der Waals surface area contributed by atoms with Gasteiger partial charge in [-0.2, -0.15) is 0 Å². The molecule has 0 aliphatic carbocycles. The minimum absolute atomic E-state index is 0. The van der Waals surface area contributed by atoms with Gasteiger partial charge in [-0.15, -0.1) is 89.0 Å². The summed E-state index contributed by atoms with van der Waals surface area (Å²) in [4.78, 5) is 0. The molecule has 0 aliphatic rings. The molecule has 0 atom stereocenters. The second-order valence-electron chi connectivity index (χ2n) is 10.8. The molecule has 3 aromatic heterocycles. The fraction of sp³-hybridized carbons (Fsp3) is 0. The first kappa shape index (κ1) is 30.6. The molecular formula is C42H30IrN3. The Morgan fingerprint density at radius 3 is 0.913 bits per heavy atom. The van der Waals surface area contributed by atoms with E-state index in [-0.39, 0.29) is 20.1 Å². The molecular weight excluding hydrogens is 739 g/mol. The minimum Gasteiger partial charge on any atom is -0.320 e. The molecule has 0 amide bonds. The maximum Gasteiger partial charge on any atom is 3.00 e. The second-order valence-corrected chi connectivity index (χ2v) is 10.8. The average molecular weight is 769 g/mol. The number of hydrogen-bond acceptors (Lipinski definition) is 0. The maximum absolute atomic E-state index is 4.00. The van der Waals surface area contributed by atoms with Crippen molar-refractivity contribution in [3.8, 4) is 0 Å². The predicted octanol–water partition coefficient (Wildman–Crippen LogP) is 8.16. The van der Waals surface area contributed by atoms with Crippen LogP contribution in [0.15, 0.2) is 146 Å². The van der Waals surface area contributed by atoms with E-state index in [1.54, 1.807) is 0 Å². The first-order valence-corrected chi connectivity index (χ1v) is 14.7. The Hall–Kier alpha value is -5.41. The minimum atomic E-state index is 0. The third-order valence-electron chi connectivity index (χ3n) is 8.01. The Kier molecular flexibility index (Phi) is 8.85. The van der Waals surface area contributed by atoms with E-state index >= 15 is 0 Å². The Balaban J connectivity index is 0.000000120. The van der Waals surface area contributed by atoms with E-state index in [4.69, 9.17) is 0 Å². The summed E-state index contributed by atoms with van der Waals surface area (Å²) >= 11 is 0. The van der Waals surface area contributed by atoms with Crippen LogP contribution in [0.25, 0.3) is 65.0 Å². The number of fused-ring (bicyclic) bond motifs is 9. The van der Waals surface area contributed by atoms with E-state index in [9.17, 15) is 0 Å². The van der Waals surface area contributed by atoms with Crippen LogP contribution in [0, 0.1) is 39.3 Å². The second kappa shape index (κ2) is 13.3. The van der Waals surface area contributed by atoms with Gasteiger partial charge in [0.05, 0.1) is 18.6 Å². The van der Waals surface area contributed by atoms with Gasteiger partial charge in [-0.1, -0.05) is 89.0 Å². The van der Waals surface area contributed by atoms with E-state index in [1.165, 1.54) is 32.3 Å². The molecule has 3 heterocycles. The summed E-state index contributed by atoms with van der Waals surface area (Å²) in [5.74, 6) is 0. The molecule has 9 rings (SSSR count). The van der Waals surface area contributed by atoms with Crippen LogP contribution in [0.2, 0.25) is 0 Å². The molecule has 0 N–H and O–H groups in total. The summed E-state index contributed by atoms with van der Waals surface area (Å²) in [6.45, 7) is 0. The molecule has 9 aromatic rings. The zero-order valence-corrected chi connectivity index (χ0v) is 27.5. The van der Waals surface area contributed by atoms with Crippen LogP contribution in [0.4, 0.5) is 0 Å². The Morgan fingerprint density at radius 1 is 0.348 bits per heavy atom. The number of nitrogens with zero attached hydrogens (tertiary/aromatic N) is 3. The van der Waals surface area contributed by atoms with Crippen LogP contribution in [0.5, 0.6) is 0 Å². The van der Waals surface area contributed by atoms with Crippen molar-refractivity contribution >= 4 is 65.0 Å². The molecule has 0 saturated carbocycles. The Bertz CT molecular complexity index is 2210. The predicted molar refractivity (Wildman–Crippen MR) is 184 cm³/mol. The summed E-state index contributed by atoms with van der Waals surface area (Å²) in [6.07, 6.45) is 5.88. The summed E-state index contributed by atoms with van der Waals surface area (Å²) in [6, 6.07) is 52.9. The van der Waals surface area contributed by atoms with E-state index in [2.05, 4.69) is 112 Å². The van der Waals surface area contributed by atoms with Gasteiger partial charge in [-0.3, -0.25) is 0 Å². The fourth-order valence-corrected chi connectivity index (χ4v) is 5.90. The summed E-state index contributed by atoms with van der Waals surface area (Å²) < 4.78 is 5.69. The smallest absolute Gasteiger partial charge is 0.320 e. The first-order valence-electron chi connectivity index (χ1n) is 14.7. The normalized spacial score (nSPS) is 10.7. The molecule has 6 aromatic carbocycles. The van der Waals surface area contributed by atoms with E-state index in [0.717, 1.165) is 32.7 Å². The number of benzene rings is 6. The molecule has 0 aliphatic heterocycles. The van der Waals surface area contributed by atoms with Crippen LogP contribution in [0.3, 0.4) is 0 Å². The summed E-state index contributed by atoms with van der Waals surface area (Å²) in [5, 5.41) is 10.6. The maximum atomic E-state index is 4.00. The molecule has 0 fully saturated rings. The third kappa shape index (κ3) is 5.84. The van der Waals surface area contributed by atoms with Crippen molar-refractivity contribution < 1.29 is 33.8 Å². The SMILES string of the molecule is [CH2-][n+]1cccc2ccc3ccc[c-]c3c21.[CH2-][n+]1cccc2ccc3ccc[c-]c3c21.[CH2-][n+]1cccc2ccc3ccc[c-]c3c21.[Ir+3]. The van der Waals surface area contributed by atoms with Gasteiger partial charge in [0.1, 0.15) is 16.6 Å². The van der Waals surface area contributed by atoms with Crippen molar-refractivity contribution in [1.29, 1.82) is 0 Å². The average Bonchev–Trinajstić information content (AvgIpc) is 3.09. The van der Waals surface area contributed by atoms with Gasteiger partial charge in [0, 0.05) is 37.3 Å². The molecule has 0 unspecified atom stereocenters. The quantitative estimate of drug-likeness (QED) is 0.0839. The number of hydrogen-bond donors (Lipinski definition) is 0. The number of rotatable bonds is 0. The van der Waals surface area contributed by atoms with Crippen molar-refractivity contribution in [3.05, 3.63) is 185 Å². The zero-order valence-electron chi connectivity index (χ0n) is 25.2. The summed E-state index contributed by atoms with van der Waals surface area (Å²) in [7, 11) is 12.0. The largest absolute Gasteiger partial charge is 3.00 e. The van der Waals surface area contributed by atoms with Gasteiger partial charge in [-0.05, 0) is 0 Å². The van der Waals surface area contributed by atoms with Gasteiger partial charge >= 0.3 is 20.1 Å². The van der Waals surface area contributed by atoms with E-state index in [0.29, 0.717) is 0 Å². The van der Waals surface area contributed by atoms with Crippen LogP contribution in [0.1, 0.15) is 0 Å². The molecule has 46 heavy (non-hydrogen) atoms. The van der Waals surface area contributed by atoms with E-state index in [1.807, 2.05) is 86.9 Å². The van der Waals surface area contributed by atoms with E-state index < -0.39 is 0 Å². The molecule has 3 nitrogen and oxygen atoms in total. The summed E-state index contributed by atoms with van der Waals surface area (Å²) in [5.41, 5.74) is 3.40. The van der Waals surface area contributed by atoms with Gasteiger partial charge < -0.3 is 13.7 Å². The van der Waals surface area contributed by atoms with Gasteiger partial charge in [0.25, 0.3) is 0 Å². The van der Waals surface area contributed by atoms with Crippen molar-refractivity contribution in [2.75, 3.05) is 0 Å². The molecule has 0 bridgehead atoms. The topological polar surface area (TPSA) is 11.6 Å². The zero-order chi connectivity index (χ0) is 30.8. The van der Waals surface area contributed by atoms with Crippen LogP contribution in [-0.2, 0) is 20.1 Å². The van der Waals surface area contributed by atoms with Crippen LogP contribution < -0.4 is 13.7 Å². The monoisotopic (exact) mass is 769 g/mol. The molecule has 4 heteroatoms. The van der Waals surface area contributed by atoms with Crippen molar-refractivity contribution in [1.82, 2.24) is 0 Å². The molecule has 0 saturated heterocycles. The van der Waals surface area contributed by atoms with Gasteiger partial charge in [0.2, 0.25) is 0 Å². The third-order valence-corrected chi connectivity index (χ3v) is 8.01. The van der Waals surface area contributed by atoms with Crippen LogP contribution >= 0.6 is 0 Å². The fourth-order valence-electron chi connectivity index (χ4n) is 5.90. The standard InChI is InChI=1S/3C14H10N.Ir/c3*1-15-10-4-6-12-9-8-11-5-2-3-7-13(11)14(12)15;/h3*2-6,8-10H,1H2;/q3*-1;+3. The van der Waals surface area contributed by atoms with Crippen molar-refractivity contribution in [3.63, 3.8) is 0 Å². The number of aromatic nitrogens is 3. The van der Waals surface area contributed by atoms with Crippen LogP contribution in [-0.4, -0.2) is 0 Å². The molecule has 0 spiro atoms. The molecule has 222 valence electrons. The Labute approximate surface area is 283 Å². The van der Waals surface area contributed by atoms with Gasteiger partial charge in [0.15, 0.2) is 0 Å². The van der Waals surface area contributed by atoms with Crippen molar-refractivity contribution in [2.24, 2.45) is 0 Å².